The molecule has 4 amide bonds. The summed E-state index contributed by atoms with van der Waals surface area (Å²) in [4.78, 5) is 42.7. The molecule has 2 aliphatic rings. The van der Waals surface area contributed by atoms with Crippen molar-refractivity contribution in [2.75, 3.05) is 11.9 Å². The lowest BCUT2D eigenvalue weighted by Crippen LogP contribution is -2.46. The quantitative estimate of drug-likeness (QED) is 0.528. The van der Waals surface area contributed by atoms with Crippen LogP contribution >= 0.6 is 0 Å². The van der Waals surface area contributed by atoms with Gasteiger partial charge in [0.2, 0.25) is 0 Å². The van der Waals surface area contributed by atoms with E-state index in [0.717, 1.165) is 30.6 Å². The Morgan fingerprint density at radius 1 is 1.19 bits per heavy atom. The highest BCUT2D eigenvalue weighted by Gasteiger charge is 2.46. The average Bonchev–Trinajstić information content (AvgIpc) is 3.12. The van der Waals surface area contributed by atoms with E-state index in [1.807, 2.05) is 5.32 Å². The van der Waals surface area contributed by atoms with Gasteiger partial charge in [-0.2, -0.15) is 13.2 Å². The number of amides is 4. The first-order valence-electron chi connectivity index (χ1n) is 12.1. The topological polar surface area (TPSA) is 113 Å². The van der Waals surface area contributed by atoms with Crippen LogP contribution in [0.5, 0.6) is 0 Å². The van der Waals surface area contributed by atoms with Crippen molar-refractivity contribution in [2.45, 2.75) is 83.8 Å². The number of rotatable bonds is 6. The second-order valence-electron chi connectivity index (χ2n) is 10.7. The van der Waals surface area contributed by atoms with Crippen LogP contribution < -0.4 is 16.0 Å². The fraction of sp³-hybridized carbons (Fsp3) is 0.667. The van der Waals surface area contributed by atoms with Gasteiger partial charge in [0.25, 0.3) is 5.91 Å². The fourth-order valence-corrected chi connectivity index (χ4v) is 4.39. The maximum Gasteiger partial charge on any atom is 0.410 e. The second-order valence-corrected chi connectivity index (χ2v) is 10.7. The van der Waals surface area contributed by atoms with Gasteiger partial charge in [0.1, 0.15) is 6.04 Å². The lowest BCUT2D eigenvalue weighted by atomic mass is 9.80. The largest absolute Gasteiger partial charge is 0.436 e. The summed E-state index contributed by atoms with van der Waals surface area (Å²) in [6.45, 7) is 6.94. The normalized spacial score (nSPS) is 23.6. The molecule has 0 bridgehead atoms. The van der Waals surface area contributed by atoms with Crippen LogP contribution in [0, 0.1) is 11.8 Å². The Hall–Kier alpha value is -3.05. The molecule has 3 rings (SSSR count). The van der Waals surface area contributed by atoms with E-state index in [4.69, 9.17) is 4.74 Å². The number of halogens is 3. The molecule has 1 aliphatic carbocycles. The molecule has 2 heterocycles. The summed E-state index contributed by atoms with van der Waals surface area (Å²) < 4.78 is 44.4. The summed E-state index contributed by atoms with van der Waals surface area (Å²) in [5.74, 6) is -0.113. The van der Waals surface area contributed by atoms with E-state index in [-0.39, 0.29) is 12.5 Å². The molecule has 0 unspecified atom stereocenters. The molecule has 1 saturated carbocycles. The van der Waals surface area contributed by atoms with Gasteiger partial charge in [0.15, 0.2) is 6.10 Å². The smallest absolute Gasteiger partial charge is 0.410 e. The van der Waals surface area contributed by atoms with Gasteiger partial charge in [0.05, 0.1) is 18.4 Å². The number of anilines is 1. The minimum atomic E-state index is -4.54. The van der Waals surface area contributed by atoms with Crippen molar-refractivity contribution < 1.29 is 32.3 Å². The number of pyridine rings is 1. The molecule has 2 fully saturated rings. The molecular weight excluding hydrogens is 479 g/mol. The van der Waals surface area contributed by atoms with Crippen molar-refractivity contribution >= 4 is 23.7 Å². The predicted molar refractivity (Wildman–Crippen MR) is 126 cm³/mol. The Labute approximate surface area is 208 Å². The Kier molecular flexibility index (Phi) is 8.35. The molecule has 9 nitrogen and oxygen atoms in total. The molecule has 3 N–H and O–H groups in total. The maximum atomic E-state index is 13.2. The second kappa shape index (κ2) is 10.9. The summed E-state index contributed by atoms with van der Waals surface area (Å²) in [6.07, 6.45) is -0.109. The number of hydrogen-bond donors (Lipinski definition) is 3. The molecule has 2 atom stereocenters. The summed E-state index contributed by atoms with van der Waals surface area (Å²) in [5.41, 5.74) is 0.198. The van der Waals surface area contributed by atoms with Crippen LogP contribution in [0.15, 0.2) is 18.5 Å². The molecule has 36 heavy (non-hydrogen) atoms. The van der Waals surface area contributed by atoms with Gasteiger partial charge >= 0.3 is 18.3 Å². The highest BCUT2D eigenvalue weighted by Crippen LogP contribution is 2.32. The van der Waals surface area contributed by atoms with Gasteiger partial charge in [0, 0.05) is 24.2 Å². The van der Waals surface area contributed by atoms with E-state index in [1.54, 1.807) is 20.8 Å². The average molecular weight is 514 g/mol. The van der Waals surface area contributed by atoms with E-state index in [0.29, 0.717) is 17.2 Å². The van der Waals surface area contributed by atoms with E-state index in [1.165, 1.54) is 18.5 Å². The van der Waals surface area contributed by atoms with Crippen LogP contribution in [0.1, 0.15) is 58.9 Å². The molecule has 0 spiro atoms. The van der Waals surface area contributed by atoms with Gasteiger partial charge in [-0.1, -0.05) is 19.8 Å². The van der Waals surface area contributed by atoms with E-state index in [9.17, 15) is 27.6 Å². The Morgan fingerprint density at radius 3 is 2.44 bits per heavy atom. The number of alkyl carbamates (subject to hydrolysis) is 1. The van der Waals surface area contributed by atoms with Crippen molar-refractivity contribution in [2.24, 2.45) is 11.8 Å². The molecule has 1 aromatic heterocycles. The predicted octanol–water partition coefficient (Wildman–Crippen LogP) is 4.20. The van der Waals surface area contributed by atoms with Crippen molar-refractivity contribution in [1.29, 1.82) is 0 Å². The van der Waals surface area contributed by atoms with Crippen LogP contribution in [-0.4, -0.2) is 58.3 Å². The molecule has 1 saturated heterocycles. The number of alkyl halides is 3. The van der Waals surface area contributed by atoms with Crippen molar-refractivity contribution in [3.05, 3.63) is 24.0 Å². The van der Waals surface area contributed by atoms with Crippen LogP contribution in [0.3, 0.4) is 0 Å². The molecule has 1 aromatic rings. The lowest BCUT2D eigenvalue weighted by molar-refractivity contribution is -0.149. The van der Waals surface area contributed by atoms with Crippen LogP contribution in [0.4, 0.5) is 28.4 Å². The number of hydrogen-bond acceptors (Lipinski definition) is 5. The number of urea groups is 1. The molecule has 200 valence electrons. The van der Waals surface area contributed by atoms with Crippen molar-refractivity contribution in [1.82, 2.24) is 20.5 Å². The summed E-state index contributed by atoms with van der Waals surface area (Å²) in [7, 11) is 0. The number of nitrogens with zero attached hydrogens (tertiary/aromatic N) is 2. The zero-order chi connectivity index (χ0) is 26.7. The molecule has 1 aliphatic heterocycles. The molecular formula is C24H34F3N5O4. The maximum absolute atomic E-state index is 13.2. The molecule has 12 heteroatoms. The number of ether oxygens (including phenoxy) is 1. The van der Waals surface area contributed by atoms with Gasteiger partial charge < -0.3 is 25.6 Å². The fourth-order valence-electron chi connectivity index (χ4n) is 4.39. The summed E-state index contributed by atoms with van der Waals surface area (Å²) in [5, 5.41) is 7.35. The zero-order valence-electron chi connectivity index (χ0n) is 20.9. The van der Waals surface area contributed by atoms with Crippen LogP contribution in [0.25, 0.3) is 0 Å². The van der Waals surface area contributed by atoms with E-state index in [2.05, 4.69) is 22.5 Å². The number of nitrogens with one attached hydrogen (secondary N) is 3. The minimum Gasteiger partial charge on any atom is -0.436 e. The van der Waals surface area contributed by atoms with Gasteiger partial charge in [-0.05, 0) is 51.2 Å². The van der Waals surface area contributed by atoms with Crippen molar-refractivity contribution in [3.8, 4) is 0 Å². The number of carbonyl (C=O) groups excluding carboxylic acids is 3. The molecule has 0 aromatic carbocycles. The third-order valence-electron chi connectivity index (χ3n) is 6.28. The number of aromatic nitrogens is 1. The first kappa shape index (κ1) is 27.5. The Morgan fingerprint density at radius 2 is 1.86 bits per heavy atom. The Balaban J connectivity index is 1.69. The first-order chi connectivity index (χ1) is 16.7. The van der Waals surface area contributed by atoms with Crippen LogP contribution in [-0.2, 0) is 16.1 Å². The third kappa shape index (κ3) is 7.72. The monoisotopic (exact) mass is 513 g/mol. The van der Waals surface area contributed by atoms with E-state index >= 15 is 0 Å². The summed E-state index contributed by atoms with van der Waals surface area (Å²) >= 11 is 0. The van der Waals surface area contributed by atoms with Crippen molar-refractivity contribution in [3.63, 3.8) is 0 Å². The highest BCUT2D eigenvalue weighted by molar-refractivity contribution is 5.95. The van der Waals surface area contributed by atoms with Crippen LogP contribution in [0.2, 0.25) is 0 Å². The Bertz CT molecular complexity index is 958. The van der Waals surface area contributed by atoms with E-state index < -0.39 is 48.4 Å². The minimum absolute atomic E-state index is 0.108. The molecule has 0 radical (unpaired) electrons. The first-order valence-corrected chi connectivity index (χ1v) is 12.1. The SMILES string of the molecule is CC1CCC([C@@H](OC(=O)NC(C)(C)C)C(=O)Nc2cncc(CN3C[C@@H](C(F)(F)F)NC3=O)c2)CC1. The zero-order valence-corrected chi connectivity index (χ0v) is 20.9. The number of carbonyl (C=O) groups is 3. The standard InChI is InChI=1S/C24H34F3N5O4/c1-14-5-7-16(8-6-14)19(36-22(35)31-23(2,3)4)20(33)29-17-9-15(10-28-11-17)12-32-13-18(24(25,26)27)30-21(32)34/h9-11,14,16,18-19H,5-8,12-13H2,1-4H3,(H,29,33)(H,30,34)(H,31,35)/t14?,16?,18-,19+/m0/s1. The lowest BCUT2D eigenvalue weighted by Gasteiger charge is -2.32. The van der Waals surface area contributed by atoms with Gasteiger partial charge in [-0.3, -0.25) is 9.78 Å². The van der Waals surface area contributed by atoms with Gasteiger partial charge in [-0.15, -0.1) is 0 Å². The third-order valence-corrected chi connectivity index (χ3v) is 6.28. The highest BCUT2D eigenvalue weighted by atomic mass is 19.4. The summed E-state index contributed by atoms with van der Waals surface area (Å²) in [6, 6.07) is -1.22. The van der Waals surface area contributed by atoms with Gasteiger partial charge in [-0.25, -0.2) is 9.59 Å².